The third kappa shape index (κ3) is 6.12. The molecule has 5 rings (SSSR count). The van der Waals surface area contributed by atoms with Crippen molar-refractivity contribution in [3.8, 4) is 11.5 Å². The molecule has 1 atom stereocenters. The van der Waals surface area contributed by atoms with Crippen LogP contribution in [-0.4, -0.2) is 47.3 Å². The second-order valence-corrected chi connectivity index (χ2v) is 9.95. The highest BCUT2D eigenvalue weighted by molar-refractivity contribution is 6.30. The molecule has 3 fully saturated rings. The smallest absolute Gasteiger partial charge is 0.419 e. The van der Waals surface area contributed by atoms with E-state index in [1.165, 1.54) is 12.1 Å². The fourth-order valence-corrected chi connectivity index (χ4v) is 5.10. The highest BCUT2D eigenvalue weighted by atomic mass is 35.5. The molecule has 0 spiro atoms. The number of hydrogen-bond donors (Lipinski definition) is 3. The molecule has 3 aliphatic carbocycles. The minimum Gasteiger partial charge on any atom is -0.484 e. The number of carbonyl (C=O) groups excluding carboxylic acids is 2. The zero-order valence-corrected chi connectivity index (χ0v) is 20.6. The van der Waals surface area contributed by atoms with Gasteiger partial charge in [0, 0.05) is 17.7 Å². The highest BCUT2D eigenvalue weighted by Gasteiger charge is 2.55. The fourth-order valence-electron chi connectivity index (χ4n) is 4.99. The number of nitrogens with one attached hydrogen (secondary N) is 2. The second kappa shape index (κ2) is 10.6. The Bertz CT molecular complexity index is 1220. The third-order valence-corrected chi connectivity index (χ3v) is 7.30. The maximum absolute atomic E-state index is 13.7. The van der Waals surface area contributed by atoms with Gasteiger partial charge in [-0.2, -0.15) is 13.2 Å². The minimum atomic E-state index is -4.85. The second-order valence-electron chi connectivity index (χ2n) is 9.55. The van der Waals surface area contributed by atoms with Crippen LogP contribution in [0.2, 0.25) is 5.02 Å². The number of amides is 2. The monoisotopic (exact) mass is 562 g/mol. The minimum absolute atomic E-state index is 0.0798. The number of alkyl halides is 3. The molecule has 38 heavy (non-hydrogen) atoms. The number of ether oxygens (including phenoxy) is 2. The van der Waals surface area contributed by atoms with Crippen molar-refractivity contribution in [3.05, 3.63) is 58.6 Å². The Kier molecular flexibility index (Phi) is 7.76. The van der Waals surface area contributed by atoms with E-state index in [0.717, 1.165) is 12.1 Å². The molecule has 0 radical (unpaired) electrons. The first-order chi connectivity index (χ1) is 17.8. The molecule has 0 aliphatic heterocycles. The average Bonchev–Trinajstić information content (AvgIpc) is 2.84. The lowest BCUT2D eigenvalue weighted by atomic mass is 9.60. The van der Waals surface area contributed by atoms with Crippen LogP contribution in [-0.2, 0) is 15.8 Å². The van der Waals surface area contributed by atoms with Gasteiger partial charge in [-0.1, -0.05) is 11.6 Å². The van der Waals surface area contributed by atoms with E-state index in [4.69, 9.17) is 21.1 Å². The van der Waals surface area contributed by atoms with Gasteiger partial charge >= 0.3 is 6.18 Å². The number of aliphatic hydroxyl groups excluding tert-OH is 1. The summed E-state index contributed by atoms with van der Waals surface area (Å²) in [5.74, 6) is -3.40. The van der Waals surface area contributed by atoms with Crippen molar-refractivity contribution < 1.29 is 46.1 Å². The molecule has 7 nitrogen and oxygen atoms in total. The quantitative estimate of drug-likeness (QED) is 0.420. The number of fused-ring (bicyclic) bond motifs is 3. The number of hydrogen-bond acceptors (Lipinski definition) is 5. The van der Waals surface area contributed by atoms with Gasteiger partial charge in [0.1, 0.15) is 23.1 Å². The molecule has 0 saturated heterocycles. The first kappa shape index (κ1) is 27.9. The Labute approximate surface area is 219 Å². The largest absolute Gasteiger partial charge is 0.484 e. The van der Waals surface area contributed by atoms with Crippen molar-refractivity contribution >= 4 is 23.4 Å². The van der Waals surface area contributed by atoms with Crippen molar-refractivity contribution in [3.63, 3.8) is 0 Å². The van der Waals surface area contributed by atoms with Crippen LogP contribution in [0, 0.1) is 11.6 Å². The van der Waals surface area contributed by atoms with E-state index < -0.39 is 65.6 Å². The van der Waals surface area contributed by atoms with Crippen LogP contribution in [0.25, 0.3) is 0 Å². The summed E-state index contributed by atoms with van der Waals surface area (Å²) in [6.45, 7) is -0.966. The maximum atomic E-state index is 13.7. The van der Waals surface area contributed by atoms with Crippen molar-refractivity contribution in [2.45, 2.75) is 55.5 Å². The van der Waals surface area contributed by atoms with Crippen LogP contribution in [0.3, 0.4) is 0 Å². The number of halogens is 6. The molecule has 206 valence electrons. The van der Waals surface area contributed by atoms with Gasteiger partial charge in [-0.3, -0.25) is 9.59 Å². The molecule has 3 aliphatic rings. The summed E-state index contributed by atoms with van der Waals surface area (Å²) in [4.78, 5) is 25.0. The normalized spacial score (nSPS) is 24.6. The molecular weight excluding hydrogens is 539 g/mol. The molecule has 2 bridgehead atoms. The van der Waals surface area contributed by atoms with Gasteiger partial charge in [-0.15, -0.1) is 0 Å². The molecule has 0 unspecified atom stereocenters. The van der Waals surface area contributed by atoms with E-state index in [9.17, 15) is 36.6 Å². The SMILES string of the molecule is O=C(COc1ccc(C(F)(F)F)c(F)c1)NC12CCC(NC(=O)COc3ccc(Cl)c(F)c3)(CC1)[C@@H](O)C2. The summed E-state index contributed by atoms with van der Waals surface area (Å²) < 4.78 is 75.8. The number of carbonyl (C=O) groups is 2. The summed E-state index contributed by atoms with van der Waals surface area (Å²) in [6.07, 6.45) is -4.08. The zero-order valence-electron chi connectivity index (χ0n) is 19.8. The van der Waals surface area contributed by atoms with Crippen molar-refractivity contribution in [1.82, 2.24) is 10.6 Å². The van der Waals surface area contributed by atoms with Crippen molar-refractivity contribution in [2.24, 2.45) is 0 Å². The van der Waals surface area contributed by atoms with Crippen LogP contribution < -0.4 is 20.1 Å². The summed E-state index contributed by atoms with van der Waals surface area (Å²) in [5.41, 5.74) is -3.10. The van der Waals surface area contributed by atoms with Crippen LogP contribution in [0.4, 0.5) is 22.0 Å². The van der Waals surface area contributed by atoms with Crippen LogP contribution >= 0.6 is 11.6 Å². The zero-order chi connectivity index (χ0) is 27.7. The van der Waals surface area contributed by atoms with E-state index in [-0.39, 0.29) is 22.9 Å². The molecule has 2 aromatic rings. The Morgan fingerprint density at radius 1 is 0.921 bits per heavy atom. The molecule has 3 N–H and O–H groups in total. The Morgan fingerprint density at radius 2 is 1.47 bits per heavy atom. The third-order valence-electron chi connectivity index (χ3n) is 6.99. The topological polar surface area (TPSA) is 96.9 Å². The van der Waals surface area contributed by atoms with Gasteiger partial charge in [-0.25, -0.2) is 8.78 Å². The van der Waals surface area contributed by atoms with Gasteiger partial charge in [0.25, 0.3) is 11.8 Å². The van der Waals surface area contributed by atoms with E-state index in [2.05, 4.69) is 10.6 Å². The van der Waals surface area contributed by atoms with Gasteiger partial charge < -0.3 is 25.2 Å². The predicted octanol–water partition coefficient (Wildman–Crippen LogP) is 4.14. The molecule has 2 amide bonds. The molecule has 13 heteroatoms. The van der Waals surface area contributed by atoms with E-state index >= 15 is 0 Å². The molecule has 0 aromatic heterocycles. The lowest BCUT2D eigenvalue weighted by Crippen LogP contribution is -2.70. The van der Waals surface area contributed by atoms with Crippen molar-refractivity contribution in [1.29, 1.82) is 0 Å². The summed E-state index contributed by atoms with van der Waals surface area (Å²) >= 11 is 5.62. The number of benzene rings is 2. The first-order valence-corrected chi connectivity index (χ1v) is 12.1. The predicted molar refractivity (Wildman–Crippen MR) is 125 cm³/mol. The summed E-state index contributed by atoms with van der Waals surface area (Å²) in [6, 6.07) is 5.79. The summed E-state index contributed by atoms with van der Waals surface area (Å²) in [5, 5.41) is 16.4. The number of rotatable bonds is 8. The van der Waals surface area contributed by atoms with Crippen LogP contribution in [0.15, 0.2) is 36.4 Å². The average molecular weight is 563 g/mol. The van der Waals surface area contributed by atoms with E-state index in [0.29, 0.717) is 37.8 Å². The molecule has 3 saturated carbocycles. The Hall–Kier alpha value is -3.12. The highest BCUT2D eigenvalue weighted by Crippen LogP contribution is 2.47. The van der Waals surface area contributed by atoms with Gasteiger partial charge in [0.2, 0.25) is 0 Å². The molecule has 0 heterocycles. The van der Waals surface area contributed by atoms with Gasteiger partial charge in [0.05, 0.1) is 22.2 Å². The van der Waals surface area contributed by atoms with Gasteiger partial charge in [0.15, 0.2) is 13.2 Å². The van der Waals surface area contributed by atoms with Gasteiger partial charge in [-0.05, 0) is 56.4 Å². The lowest BCUT2D eigenvalue weighted by molar-refractivity contribution is -0.140. The van der Waals surface area contributed by atoms with Crippen LogP contribution in [0.1, 0.15) is 37.7 Å². The van der Waals surface area contributed by atoms with E-state index in [1.807, 2.05) is 0 Å². The molecular formula is C25H24ClF5N2O5. The van der Waals surface area contributed by atoms with Crippen molar-refractivity contribution in [2.75, 3.05) is 13.2 Å². The van der Waals surface area contributed by atoms with Crippen LogP contribution in [0.5, 0.6) is 11.5 Å². The summed E-state index contributed by atoms with van der Waals surface area (Å²) in [7, 11) is 0. The molecule has 2 aromatic carbocycles. The first-order valence-electron chi connectivity index (χ1n) is 11.7. The van der Waals surface area contributed by atoms with E-state index in [1.54, 1.807) is 0 Å². The number of aliphatic hydroxyl groups is 1. The standard InChI is InChI=1S/C25H24ClF5N2O5/c26-17-4-2-15(10-19(17)28)38-13-22(36)33-24-7-5-23(6-8-24,11-20(24)34)32-21(35)12-37-14-1-3-16(18(27)9-14)25(29,30)31/h1-4,9-10,20,34H,5-8,11-13H2,(H,32,35)(H,33,36)/t20-,23?,24?/m0/s1. The lowest BCUT2D eigenvalue weighted by Gasteiger charge is -2.56. The Morgan fingerprint density at radius 3 is 2.00 bits per heavy atom. The Balaban J connectivity index is 1.27. The maximum Gasteiger partial charge on any atom is 0.419 e. The fraction of sp³-hybridized carbons (Fsp3) is 0.440.